The van der Waals surface area contributed by atoms with Crippen LogP contribution < -0.4 is 31.1 Å². The molecular weight excluding hydrogens is 822 g/mol. The van der Waals surface area contributed by atoms with E-state index in [4.69, 9.17) is 0 Å². The van der Waals surface area contributed by atoms with Gasteiger partial charge in [0.25, 0.3) is 6.71 Å². The van der Waals surface area contributed by atoms with Gasteiger partial charge in [0.1, 0.15) is 0 Å². The molecule has 0 N–H and O–H groups in total. The predicted molar refractivity (Wildman–Crippen MR) is 291 cm³/mol. The van der Waals surface area contributed by atoms with E-state index in [1.165, 1.54) is 114 Å². The molecule has 0 spiro atoms. The molecular formula is C64H62BN3. The van der Waals surface area contributed by atoms with Crippen LogP contribution in [0.2, 0.25) is 0 Å². The zero-order valence-corrected chi connectivity index (χ0v) is 41.1. The number of hydrogen-bond donors (Lipinski definition) is 0. The van der Waals surface area contributed by atoms with Crippen molar-refractivity contribution in [2.45, 2.75) is 103 Å². The van der Waals surface area contributed by atoms with Crippen molar-refractivity contribution in [3.05, 3.63) is 210 Å². The quantitative estimate of drug-likeness (QED) is 0.159. The molecule has 0 aromatic heterocycles. The number of anilines is 8. The molecule has 2 unspecified atom stereocenters. The maximum atomic E-state index is 2.76. The average molecular weight is 884 g/mol. The molecule has 3 aliphatic heterocycles. The zero-order chi connectivity index (χ0) is 46.7. The maximum Gasteiger partial charge on any atom is 0.252 e. The van der Waals surface area contributed by atoms with Crippen molar-refractivity contribution in [2.24, 2.45) is 0 Å². The lowest BCUT2D eigenvalue weighted by Crippen LogP contribution is -2.61. The predicted octanol–water partition coefficient (Wildman–Crippen LogP) is 15.1. The third kappa shape index (κ3) is 6.25. The smallest absolute Gasteiger partial charge is 0.252 e. The first kappa shape index (κ1) is 42.6. The second-order valence-electron chi connectivity index (χ2n) is 22.4. The standard InChI is InChI=1S/C64H62BN3/c1-43-39-58-60-59(40-43)67(54-36-31-47(62(5,6)7)41-50(54)44-21-11-9-12-22-44)56-28-18-16-26-52(56)65(60)53-35-34-49(42-57(53)66(58)48-32-29-45(30-33-48)61(2,3)4)68-55-27-17-15-25-51(55)64(46-23-13-10-14-24-46)38-20-19-37-63(64,68)8/h9-18,21-36,39-42H,19-20,37-38H2,1-8H3. The van der Waals surface area contributed by atoms with E-state index < -0.39 is 0 Å². The van der Waals surface area contributed by atoms with Crippen LogP contribution in [0.15, 0.2) is 182 Å². The summed E-state index contributed by atoms with van der Waals surface area (Å²) in [5.41, 5.74) is 22.9. The second kappa shape index (κ2) is 15.4. The Morgan fingerprint density at radius 1 is 0.471 bits per heavy atom. The molecule has 0 amide bonds. The molecule has 0 radical (unpaired) electrons. The molecule has 12 rings (SSSR count). The molecule has 4 heteroatoms. The Morgan fingerprint density at radius 3 is 1.78 bits per heavy atom. The van der Waals surface area contributed by atoms with Crippen LogP contribution in [0.1, 0.15) is 102 Å². The molecule has 8 aromatic rings. The van der Waals surface area contributed by atoms with E-state index in [1.54, 1.807) is 0 Å². The molecule has 8 aromatic carbocycles. The topological polar surface area (TPSA) is 9.72 Å². The molecule has 3 nitrogen and oxygen atoms in total. The van der Waals surface area contributed by atoms with Crippen LogP contribution in [0.3, 0.4) is 0 Å². The number of hydrogen-bond acceptors (Lipinski definition) is 3. The minimum Gasteiger partial charge on any atom is -0.334 e. The summed E-state index contributed by atoms with van der Waals surface area (Å²) in [6.07, 6.45) is 4.68. The lowest BCUT2D eigenvalue weighted by molar-refractivity contribution is 0.215. The number of benzene rings is 8. The van der Waals surface area contributed by atoms with Gasteiger partial charge in [-0.1, -0.05) is 176 Å². The molecule has 0 bridgehead atoms. The first-order valence-electron chi connectivity index (χ1n) is 25.0. The molecule has 1 aliphatic carbocycles. The second-order valence-corrected chi connectivity index (χ2v) is 22.4. The van der Waals surface area contributed by atoms with Gasteiger partial charge in [-0.15, -0.1) is 0 Å². The SMILES string of the molecule is Cc1cc2c3c(c1)N(c1ccc(C(C)(C)C)cc1-c1ccccc1)c1ccccc1B3c1ccc(N3c4ccccc4C4(c5ccccc5)CCCCC34C)cc1N2c1ccc(C(C)(C)C)cc1. The van der Waals surface area contributed by atoms with Crippen LogP contribution in [0.5, 0.6) is 0 Å². The fourth-order valence-electron chi connectivity index (χ4n) is 13.0. The van der Waals surface area contributed by atoms with Crippen molar-refractivity contribution < 1.29 is 0 Å². The highest BCUT2D eigenvalue weighted by atomic mass is 15.3. The van der Waals surface area contributed by atoms with E-state index in [0.29, 0.717) is 0 Å². The fraction of sp³-hybridized carbons (Fsp3) is 0.250. The Morgan fingerprint density at radius 2 is 1.06 bits per heavy atom. The van der Waals surface area contributed by atoms with E-state index >= 15 is 0 Å². The Hall–Kier alpha value is -6.78. The van der Waals surface area contributed by atoms with Crippen LogP contribution >= 0.6 is 0 Å². The summed E-state index contributed by atoms with van der Waals surface area (Å²) in [7, 11) is 0. The van der Waals surface area contributed by atoms with Crippen LogP contribution in [0, 0.1) is 6.92 Å². The lowest BCUT2D eigenvalue weighted by Gasteiger charge is -2.52. The summed E-state index contributed by atoms with van der Waals surface area (Å²) in [4.78, 5) is 7.95. The van der Waals surface area contributed by atoms with Crippen molar-refractivity contribution in [2.75, 3.05) is 14.7 Å². The highest BCUT2D eigenvalue weighted by Crippen LogP contribution is 2.64. The maximum absolute atomic E-state index is 2.76. The van der Waals surface area contributed by atoms with Gasteiger partial charge >= 0.3 is 0 Å². The Kier molecular flexibility index (Phi) is 9.62. The van der Waals surface area contributed by atoms with Crippen LogP contribution in [0.4, 0.5) is 45.5 Å². The van der Waals surface area contributed by atoms with Crippen LogP contribution in [-0.4, -0.2) is 12.3 Å². The van der Waals surface area contributed by atoms with Crippen molar-refractivity contribution in [1.82, 2.24) is 0 Å². The molecule has 1 fully saturated rings. The zero-order valence-electron chi connectivity index (χ0n) is 41.1. The van der Waals surface area contributed by atoms with E-state index in [-0.39, 0.29) is 28.5 Å². The van der Waals surface area contributed by atoms with Crippen LogP contribution in [-0.2, 0) is 16.2 Å². The Bertz CT molecular complexity index is 3250. The highest BCUT2D eigenvalue weighted by Gasteiger charge is 2.61. The highest BCUT2D eigenvalue weighted by molar-refractivity contribution is 7.00. The van der Waals surface area contributed by atoms with Gasteiger partial charge in [-0.3, -0.25) is 0 Å². The summed E-state index contributed by atoms with van der Waals surface area (Å²) in [6.45, 7) is 18.8. The number of aryl methyl sites for hydroxylation is 1. The van der Waals surface area contributed by atoms with E-state index in [9.17, 15) is 0 Å². The first-order valence-corrected chi connectivity index (χ1v) is 25.0. The first-order chi connectivity index (χ1) is 32.8. The minimum atomic E-state index is -0.170. The van der Waals surface area contributed by atoms with Gasteiger partial charge in [-0.05, 0) is 148 Å². The molecule has 68 heavy (non-hydrogen) atoms. The Labute approximate surface area is 405 Å². The molecule has 1 saturated carbocycles. The van der Waals surface area contributed by atoms with Crippen molar-refractivity contribution in [3.63, 3.8) is 0 Å². The molecule has 3 heterocycles. The van der Waals surface area contributed by atoms with E-state index in [2.05, 4.69) is 252 Å². The summed E-state index contributed by atoms with van der Waals surface area (Å²) >= 11 is 0. The van der Waals surface area contributed by atoms with Crippen LogP contribution in [0.25, 0.3) is 11.1 Å². The summed E-state index contributed by atoms with van der Waals surface area (Å²) in [5, 5.41) is 0. The third-order valence-corrected chi connectivity index (χ3v) is 16.3. The van der Waals surface area contributed by atoms with Crippen molar-refractivity contribution in [1.29, 1.82) is 0 Å². The monoisotopic (exact) mass is 884 g/mol. The van der Waals surface area contributed by atoms with Gasteiger partial charge in [0.2, 0.25) is 0 Å². The van der Waals surface area contributed by atoms with E-state index in [0.717, 1.165) is 12.8 Å². The van der Waals surface area contributed by atoms with Crippen molar-refractivity contribution in [3.8, 4) is 11.1 Å². The van der Waals surface area contributed by atoms with Gasteiger partial charge < -0.3 is 14.7 Å². The van der Waals surface area contributed by atoms with Gasteiger partial charge in [0.05, 0.1) is 11.2 Å². The number of para-hydroxylation sites is 2. The van der Waals surface area contributed by atoms with E-state index in [1.807, 2.05) is 0 Å². The molecule has 0 saturated heterocycles. The number of nitrogens with zero attached hydrogens (tertiary/aromatic N) is 3. The molecule has 4 aliphatic rings. The number of rotatable bonds is 5. The summed E-state index contributed by atoms with van der Waals surface area (Å²) in [6, 6.07) is 70.0. The fourth-order valence-corrected chi connectivity index (χ4v) is 13.0. The molecule has 2 atom stereocenters. The lowest BCUT2D eigenvalue weighted by atomic mass is 9.33. The largest absolute Gasteiger partial charge is 0.334 e. The van der Waals surface area contributed by atoms with Crippen molar-refractivity contribution >= 4 is 68.6 Å². The summed E-state index contributed by atoms with van der Waals surface area (Å²) < 4.78 is 0. The van der Waals surface area contributed by atoms with Gasteiger partial charge in [-0.25, -0.2) is 0 Å². The molecule has 336 valence electrons. The van der Waals surface area contributed by atoms with Gasteiger partial charge in [0, 0.05) is 50.8 Å². The van der Waals surface area contributed by atoms with Gasteiger partial charge in [-0.2, -0.15) is 0 Å². The average Bonchev–Trinajstić information content (AvgIpc) is 3.59. The summed E-state index contributed by atoms with van der Waals surface area (Å²) in [5.74, 6) is 0. The normalized spacial score (nSPS) is 19.2. The minimum absolute atomic E-state index is 0.00431. The Balaban J connectivity index is 1.11. The number of fused-ring (bicyclic) bond motifs is 7. The third-order valence-electron chi connectivity index (χ3n) is 16.3. The van der Waals surface area contributed by atoms with Gasteiger partial charge in [0.15, 0.2) is 0 Å².